The molecule has 120 valence electrons. The van der Waals surface area contributed by atoms with Crippen LogP contribution >= 0.6 is 0 Å². The predicted molar refractivity (Wildman–Crippen MR) is 84.5 cm³/mol. The van der Waals surface area contributed by atoms with E-state index in [1.54, 1.807) is 24.3 Å². The van der Waals surface area contributed by atoms with Gasteiger partial charge in [0.05, 0.1) is 11.1 Å². The number of oxazole rings is 1. The number of carboxylic acid groups (broad SMARTS) is 1. The molecule has 0 amide bonds. The minimum Gasteiger partial charge on any atom is -0.872 e. The molecule has 0 atom stereocenters. The summed E-state index contributed by atoms with van der Waals surface area (Å²) in [5.74, 6) is -1.78. The molecular weight excluding hydrogens is 312 g/mol. The number of fused-ring (bicyclic) bond motifs is 1. The number of carboxylic acids is 1. The number of nitrogens with one attached hydrogen (secondary N) is 1. The summed E-state index contributed by atoms with van der Waals surface area (Å²) in [5.41, 5.74) is 1.35. The maximum absolute atomic E-state index is 11.6. The number of aromatic nitrogens is 1. The van der Waals surface area contributed by atoms with E-state index in [2.05, 4.69) is 10.3 Å². The van der Waals surface area contributed by atoms with Gasteiger partial charge in [-0.15, -0.1) is 0 Å². The van der Waals surface area contributed by atoms with Gasteiger partial charge in [-0.2, -0.15) is 0 Å². The molecule has 2 N–H and O–H groups in total. The molecule has 0 radical (unpaired) electrons. The highest BCUT2D eigenvalue weighted by Gasteiger charge is 2.10. The number of nitrogens with zero attached hydrogens (tertiary/aromatic N) is 1. The monoisotopic (exact) mass is 323 g/mol. The quantitative estimate of drug-likeness (QED) is 0.546. The zero-order valence-electron chi connectivity index (χ0n) is 12.2. The molecule has 2 aromatic carbocycles. The largest absolute Gasteiger partial charge is 0.872 e. The second kappa shape index (κ2) is 6.25. The molecule has 3 rings (SSSR count). The third kappa shape index (κ3) is 2.95. The van der Waals surface area contributed by atoms with Gasteiger partial charge in [-0.05, 0) is 30.3 Å². The van der Waals surface area contributed by atoms with Crippen LogP contribution in [-0.2, 0) is 4.79 Å². The fourth-order valence-electron chi connectivity index (χ4n) is 2.09. The zero-order valence-corrected chi connectivity index (χ0v) is 12.2. The number of benzene rings is 2. The summed E-state index contributed by atoms with van der Waals surface area (Å²) in [6.45, 7) is 0. The van der Waals surface area contributed by atoms with E-state index in [1.165, 1.54) is 18.3 Å². The number of aldehydes is 1. The summed E-state index contributed by atoms with van der Waals surface area (Å²) in [6.07, 6.45) is 1.91. The topological polar surface area (TPSA) is 115 Å². The Morgan fingerprint density at radius 1 is 1.25 bits per heavy atom. The lowest BCUT2D eigenvalue weighted by atomic mass is 10.2. The van der Waals surface area contributed by atoms with E-state index < -0.39 is 11.7 Å². The lowest BCUT2D eigenvalue weighted by Crippen LogP contribution is -2.04. The summed E-state index contributed by atoms with van der Waals surface area (Å²) < 4.78 is 5.49. The van der Waals surface area contributed by atoms with E-state index in [1.807, 2.05) is 0 Å². The maximum atomic E-state index is 11.6. The molecule has 7 nitrogen and oxygen atoms in total. The van der Waals surface area contributed by atoms with Crippen molar-refractivity contribution in [2.24, 2.45) is 0 Å². The van der Waals surface area contributed by atoms with Gasteiger partial charge in [-0.25, -0.2) is 9.78 Å². The highest BCUT2D eigenvalue weighted by atomic mass is 16.4. The first-order chi connectivity index (χ1) is 11.6. The van der Waals surface area contributed by atoms with Gasteiger partial charge in [0.25, 0.3) is 0 Å². The summed E-state index contributed by atoms with van der Waals surface area (Å²) >= 11 is 0. The number of anilines is 1. The van der Waals surface area contributed by atoms with Gasteiger partial charge in [0.2, 0.25) is 5.89 Å². The number of rotatable bonds is 5. The van der Waals surface area contributed by atoms with Crippen LogP contribution in [0.1, 0.15) is 16.2 Å². The minimum absolute atomic E-state index is 0.142. The Kier molecular flexibility index (Phi) is 3.98. The molecule has 7 heteroatoms. The van der Waals surface area contributed by atoms with Crippen molar-refractivity contribution in [1.82, 2.24) is 4.98 Å². The minimum atomic E-state index is -1.29. The number of hydrogen-bond donors (Lipinski definition) is 2. The fraction of sp³-hybridized carbons (Fsp3) is 0. The summed E-state index contributed by atoms with van der Waals surface area (Å²) in [7, 11) is 0. The lowest BCUT2D eigenvalue weighted by molar-refractivity contribution is -0.268. The molecule has 1 aromatic heterocycles. The van der Waals surface area contributed by atoms with E-state index in [0.29, 0.717) is 23.1 Å². The van der Waals surface area contributed by atoms with Crippen molar-refractivity contribution < 1.29 is 24.2 Å². The molecule has 1 heterocycles. The third-order valence-corrected chi connectivity index (χ3v) is 3.27. The van der Waals surface area contributed by atoms with Crippen molar-refractivity contribution in [3.8, 4) is 5.75 Å². The Bertz CT molecular complexity index is 926. The number of allylic oxidation sites excluding steroid dienone is 1. The van der Waals surface area contributed by atoms with Crippen molar-refractivity contribution in [2.75, 3.05) is 5.32 Å². The average molecular weight is 323 g/mol. The van der Waals surface area contributed by atoms with E-state index in [4.69, 9.17) is 9.52 Å². The Balaban J connectivity index is 1.87. The van der Waals surface area contributed by atoms with Gasteiger partial charge in [0.15, 0.2) is 11.9 Å². The molecular formula is C17H11N2O5-. The SMILES string of the molecule is O=C/C(=C\Nc1ccc(C(=O)O)c([O-])c1)c1nc2ccccc2o1. The summed E-state index contributed by atoms with van der Waals surface area (Å²) in [4.78, 5) is 26.3. The number of hydrogen-bond acceptors (Lipinski definition) is 6. The van der Waals surface area contributed by atoms with Crippen molar-refractivity contribution in [2.45, 2.75) is 0 Å². The molecule has 0 aliphatic heterocycles. The Labute approximate surface area is 135 Å². The third-order valence-electron chi connectivity index (χ3n) is 3.27. The van der Waals surface area contributed by atoms with Crippen molar-refractivity contribution in [3.63, 3.8) is 0 Å². The molecule has 3 aromatic rings. The van der Waals surface area contributed by atoms with Crippen LogP contribution in [0.2, 0.25) is 0 Å². The highest BCUT2D eigenvalue weighted by molar-refractivity contribution is 6.06. The number of carbonyl (C=O) groups is 2. The van der Waals surface area contributed by atoms with Gasteiger partial charge >= 0.3 is 5.97 Å². The molecule has 0 saturated heterocycles. The standard InChI is InChI=1S/C17H12N2O5/c20-9-10(16-19-13-3-1-2-4-15(13)24-16)8-18-11-5-6-12(17(22)23)14(21)7-11/h1-9,18,21H,(H,22,23)/p-1/b10-8+. The number of para-hydroxylation sites is 2. The molecule has 0 bridgehead atoms. The van der Waals surface area contributed by atoms with Crippen LogP contribution in [0.3, 0.4) is 0 Å². The van der Waals surface area contributed by atoms with E-state index >= 15 is 0 Å². The fourth-order valence-corrected chi connectivity index (χ4v) is 2.09. The smallest absolute Gasteiger partial charge is 0.335 e. The Morgan fingerprint density at radius 3 is 2.71 bits per heavy atom. The first kappa shape index (κ1) is 15.3. The maximum Gasteiger partial charge on any atom is 0.335 e. The normalized spacial score (nSPS) is 11.4. The van der Waals surface area contributed by atoms with Crippen LogP contribution in [-0.4, -0.2) is 22.3 Å². The number of carbonyl (C=O) groups excluding carboxylic acids is 1. The van der Waals surface area contributed by atoms with Crippen LogP contribution in [0, 0.1) is 0 Å². The molecule has 24 heavy (non-hydrogen) atoms. The van der Waals surface area contributed by atoms with E-state index in [0.717, 1.165) is 6.07 Å². The Hall–Kier alpha value is -3.61. The van der Waals surface area contributed by atoms with Crippen LogP contribution in [0.25, 0.3) is 16.7 Å². The second-order valence-electron chi connectivity index (χ2n) is 4.86. The molecule has 0 saturated carbocycles. The molecule has 0 fully saturated rings. The zero-order chi connectivity index (χ0) is 17.1. The highest BCUT2D eigenvalue weighted by Crippen LogP contribution is 2.22. The van der Waals surface area contributed by atoms with Gasteiger partial charge < -0.3 is 19.9 Å². The second-order valence-corrected chi connectivity index (χ2v) is 4.86. The van der Waals surface area contributed by atoms with Gasteiger partial charge in [-0.3, -0.25) is 4.79 Å². The first-order valence-electron chi connectivity index (χ1n) is 6.90. The van der Waals surface area contributed by atoms with E-state index in [9.17, 15) is 14.7 Å². The number of aromatic carboxylic acids is 1. The first-order valence-corrected chi connectivity index (χ1v) is 6.90. The van der Waals surface area contributed by atoms with Crippen LogP contribution in [0.5, 0.6) is 5.75 Å². The van der Waals surface area contributed by atoms with Crippen LogP contribution in [0.15, 0.2) is 53.1 Å². The van der Waals surface area contributed by atoms with E-state index in [-0.39, 0.29) is 17.0 Å². The van der Waals surface area contributed by atoms with Crippen LogP contribution in [0.4, 0.5) is 5.69 Å². The lowest BCUT2D eigenvalue weighted by Gasteiger charge is -2.12. The van der Waals surface area contributed by atoms with Crippen molar-refractivity contribution in [3.05, 3.63) is 60.1 Å². The average Bonchev–Trinajstić information content (AvgIpc) is 2.99. The summed E-state index contributed by atoms with van der Waals surface area (Å²) in [6, 6.07) is 10.8. The molecule has 0 unspecified atom stereocenters. The summed E-state index contributed by atoms with van der Waals surface area (Å²) in [5, 5.41) is 23.2. The predicted octanol–water partition coefficient (Wildman–Crippen LogP) is 2.25. The van der Waals surface area contributed by atoms with Gasteiger partial charge in [0, 0.05) is 11.9 Å². The molecule has 0 aliphatic carbocycles. The van der Waals surface area contributed by atoms with Gasteiger partial charge in [0.1, 0.15) is 5.52 Å². The van der Waals surface area contributed by atoms with Gasteiger partial charge in [-0.1, -0.05) is 17.9 Å². The van der Waals surface area contributed by atoms with Crippen LogP contribution < -0.4 is 10.4 Å². The van der Waals surface area contributed by atoms with Crippen molar-refractivity contribution in [1.29, 1.82) is 0 Å². The molecule has 0 spiro atoms. The van der Waals surface area contributed by atoms with Crippen molar-refractivity contribution >= 4 is 34.6 Å². The Morgan fingerprint density at radius 2 is 2.04 bits per heavy atom. The molecule has 0 aliphatic rings.